The van der Waals surface area contributed by atoms with Gasteiger partial charge in [0.2, 0.25) is 0 Å². The average Bonchev–Trinajstić information content (AvgIpc) is 3.58. The molecular weight excluding hydrogens is 528 g/mol. The molecule has 1 N–H and O–H groups in total. The predicted octanol–water partition coefficient (Wildman–Crippen LogP) is 7.75. The van der Waals surface area contributed by atoms with E-state index in [9.17, 15) is 14.7 Å². The summed E-state index contributed by atoms with van der Waals surface area (Å²) < 4.78 is 19.0. The Labute approximate surface area is 252 Å². The van der Waals surface area contributed by atoms with Gasteiger partial charge in [0.25, 0.3) is 0 Å². The first-order chi connectivity index (χ1) is 20.1. The number of carbonyl (C=O) groups is 2. The second-order valence-electron chi connectivity index (χ2n) is 15.2. The van der Waals surface area contributed by atoms with Crippen molar-refractivity contribution < 1.29 is 28.9 Å². The van der Waals surface area contributed by atoms with Gasteiger partial charge in [-0.05, 0) is 97.5 Å². The highest BCUT2D eigenvalue weighted by Crippen LogP contribution is 2.69. The summed E-state index contributed by atoms with van der Waals surface area (Å²) in [5.41, 5.74) is 1.07. The lowest BCUT2D eigenvalue weighted by atomic mass is 9.43. The Bertz CT molecular complexity index is 1130. The fourth-order valence-corrected chi connectivity index (χ4v) is 10.8. The van der Waals surface area contributed by atoms with Gasteiger partial charge in [-0.25, -0.2) is 4.79 Å². The van der Waals surface area contributed by atoms with Gasteiger partial charge in [0.05, 0.1) is 24.7 Å². The van der Waals surface area contributed by atoms with Gasteiger partial charge in [-0.2, -0.15) is 0 Å². The topological polar surface area (TPSA) is 82.1 Å². The van der Waals surface area contributed by atoms with E-state index in [0.29, 0.717) is 54.3 Å². The Morgan fingerprint density at radius 1 is 0.952 bits per heavy atom. The quantitative estimate of drug-likeness (QED) is 0.317. The number of carboxylic acids is 1. The summed E-state index contributed by atoms with van der Waals surface area (Å²) in [5, 5.41) is 9.34. The van der Waals surface area contributed by atoms with Crippen LogP contribution >= 0.6 is 0 Å². The Morgan fingerprint density at radius 2 is 1.67 bits per heavy atom. The molecule has 0 radical (unpaired) electrons. The summed E-state index contributed by atoms with van der Waals surface area (Å²) in [7, 11) is 0. The van der Waals surface area contributed by atoms with Crippen LogP contribution in [0.3, 0.4) is 0 Å². The van der Waals surface area contributed by atoms with E-state index in [4.69, 9.17) is 14.2 Å². The van der Waals surface area contributed by atoms with Crippen LogP contribution in [0.1, 0.15) is 109 Å². The van der Waals surface area contributed by atoms with Gasteiger partial charge in [0.15, 0.2) is 5.79 Å². The van der Waals surface area contributed by atoms with Crippen molar-refractivity contribution in [2.45, 2.75) is 110 Å². The molecule has 1 aromatic rings. The number of carbonyl (C=O) groups excluding carboxylic acids is 1. The molecule has 5 fully saturated rings. The zero-order valence-electron chi connectivity index (χ0n) is 26.2. The summed E-state index contributed by atoms with van der Waals surface area (Å²) in [5.74, 6) is 1.48. The van der Waals surface area contributed by atoms with Crippen LogP contribution in [0.2, 0.25) is 0 Å². The van der Waals surface area contributed by atoms with E-state index in [0.717, 1.165) is 44.9 Å². The molecule has 4 saturated carbocycles. The molecule has 1 saturated heterocycles. The summed E-state index contributed by atoms with van der Waals surface area (Å²) in [6, 6.07) is 9.50. The second kappa shape index (κ2) is 11.5. The van der Waals surface area contributed by atoms with Gasteiger partial charge in [-0.1, -0.05) is 58.7 Å². The van der Waals surface area contributed by atoms with Crippen molar-refractivity contribution in [1.29, 1.82) is 0 Å². The van der Waals surface area contributed by atoms with Crippen LogP contribution in [0.25, 0.3) is 0 Å². The molecule has 1 aromatic carbocycles. The minimum absolute atomic E-state index is 0.0903. The van der Waals surface area contributed by atoms with E-state index < -0.39 is 11.8 Å². The summed E-state index contributed by atoms with van der Waals surface area (Å²) in [6.07, 6.45) is 11.5. The smallest absolute Gasteiger partial charge is 0.338 e. The SMILES string of the molecule is C[C@H](CCC[C@H](C)C(=O)O)[C@H]1CCC2C3C(CC[C@@]21C)[C@@]1(C)CCC2(C[C@@H]1C[C@H]3OC(=O)c1ccccc1)OCCO2. The monoisotopic (exact) mass is 580 g/mol. The lowest BCUT2D eigenvalue weighted by Crippen LogP contribution is -2.60. The Balaban J connectivity index is 1.25. The van der Waals surface area contributed by atoms with Gasteiger partial charge in [0, 0.05) is 18.8 Å². The van der Waals surface area contributed by atoms with E-state index in [1.165, 1.54) is 25.7 Å². The molecule has 232 valence electrons. The third kappa shape index (κ3) is 5.23. The van der Waals surface area contributed by atoms with Crippen LogP contribution in [0, 0.1) is 52.3 Å². The fraction of sp³-hybridized carbons (Fsp3) is 0.778. The molecular formula is C36H52O6. The molecule has 1 heterocycles. The Hall–Kier alpha value is -1.92. The molecule has 5 aliphatic rings. The highest BCUT2D eigenvalue weighted by Gasteiger charge is 2.65. The Morgan fingerprint density at radius 3 is 2.38 bits per heavy atom. The first-order valence-electron chi connectivity index (χ1n) is 16.8. The molecule has 10 atom stereocenters. The number of carboxylic acid groups (broad SMARTS) is 1. The van der Waals surface area contributed by atoms with Gasteiger partial charge < -0.3 is 19.3 Å². The maximum Gasteiger partial charge on any atom is 0.338 e. The summed E-state index contributed by atoms with van der Waals surface area (Å²) in [6.45, 7) is 10.7. The van der Waals surface area contributed by atoms with Crippen LogP contribution in [0.4, 0.5) is 0 Å². The lowest BCUT2D eigenvalue weighted by Gasteiger charge is -2.63. The van der Waals surface area contributed by atoms with Gasteiger partial charge in [-0.15, -0.1) is 0 Å². The van der Waals surface area contributed by atoms with Gasteiger partial charge in [-0.3, -0.25) is 4.79 Å². The third-order valence-electron chi connectivity index (χ3n) is 13.2. The lowest BCUT2D eigenvalue weighted by molar-refractivity contribution is -0.242. The normalized spacial score (nSPS) is 40.0. The summed E-state index contributed by atoms with van der Waals surface area (Å²) >= 11 is 0. The number of benzene rings is 1. The number of aliphatic carboxylic acids is 1. The van der Waals surface area contributed by atoms with Crippen LogP contribution < -0.4 is 0 Å². The minimum Gasteiger partial charge on any atom is -0.481 e. The maximum absolute atomic E-state index is 13.5. The average molecular weight is 581 g/mol. The van der Waals surface area contributed by atoms with Crippen molar-refractivity contribution in [2.75, 3.05) is 13.2 Å². The predicted molar refractivity (Wildman–Crippen MR) is 161 cm³/mol. The molecule has 0 amide bonds. The van der Waals surface area contributed by atoms with Crippen LogP contribution in [-0.2, 0) is 19.0 Å². The largest absolute Gasteiger partial charge is 0.481 e. The van der Waals surface area contributed by atoms with E-state index in [1.807, 2.05) is 37.3 Å². The number of fused-ring (bicyclic) bond motifs is 5. The first kappa shape index (κ1) is 30.1. The molecule has 3 unspecified atom stereocenters. The molecule has 0 aromatic heterocycles. The van der Waals surface area contributed by atoms with Crippen molar-refractivity contribution >= 4 is 11.9 Å². The van der Waals surface area contributed by atoms with Crippen LogP contribution in [-0.4, -0.2) is 42.1 Å². The highest BCUT2D eigenvalue weighted by atomic mass is 16.7. The van der Waals surface area contributed by atoms with E-state index >= 15 is 0 Å². The van der Waals surface area contributed by atoms with Crippen molar-refractivity contribution in [3.8, 4) is 0 Å². The standard InChI is InChI=1S/C36H52O6/c1-23(9-8-10-24(2)32(37)38)27-13-14-28-31-29(15-16-35(27,28)4)34(3)17-18-36(40-19-20-41-36)22-26(34)21-30(31)42-33(39)25-11-6-5-7-12-25/h5-7,11-12,23-24,26-31H,8-10,13-22H2,1-4H3,(H,37,38)/t23-,24+,26+,27-,28?,29?,30-,31?,34+,35-/m1/s1. The first-order valence-corrected chi connectivity index (χ1v) is 16.8. The van der Waals surface area contributed by atoms with Crippen molar-refractivity contribution in [3.05, 3.63) is 35.9 Å². The Kier molecular flexibility index (Phi) is 8.28. The minimum atomic E-state index is -0.686. The maximum atomic E-state index is 13.5. The van der Waals surface area contributed by atoms with Gasteiger partial charge >= 0.3 is 11.9 Å². The zero-order valence-corrected chi connectivity index (χ0v) is 26.2. The fourth-order valence-electron chi connectivity index (χ4n) is 10.8. The highest BCUT2D eigenvalue weighted by molar-refractivity contribution is 5.89. The third-order valence-corrected chi connectivity index (χ3v) is 13.2. The molecule has 1 aliphatic heterocycles. The van der Waals surface area contributed by atoms with Crippen LogP contribution in [0.5, 0.6) is 0 Å². The molecule has 6 nitrogen and oxygen atoms in total. The number of rotatable bonds is 8. The molecule has 1 spiro atoms. The summed E-state index contributed by atoms with van der Waals surface area (Å²) in [4.78, 5) is 24.9. The van der Waals surface area contributed by atoms with Crippen molar-refractivity contribution in [1.82, 2.24) is 0 Å². The molecule has 6 heteroatoms. The molecule has 6 rings (SSSR count). The van der Waals surface area contributed by atoms with E-state index in [2.05, 4.69) is 20.8 Å². The van der Waals surface area contributed by atoms with Crippen molar-refractivity contribution in [2.24, 2.45) is 52.3 Å². The number of hydrogen-bond donors (Lipinski definition) is 1. The van der Waals surface area contributed by atoms with Gasteiger partial charge in [0.1, 0.15) is 6.10 Å². The second-order valence-corrected chi connectivity index (χ2v) is 15.2. The number of hydrogen-bond acceptors (Lipinski definition) is 5. The number of esters is 1. The van der Waals surface area contributed by atoms with Crippen molar-refractivity contribution in [3.63, 3.8) is 0 Å². The van der Waals surface area contributed by atoms with E-state index in [1.54, 1.807) is 0 Å². The zero-order chi connectivity index (χ0) is 29.7. The van der Waals surface area contributed by atoms with E-state index in [-0.39, 0.29) is 28.8 Å². The molecule has 4 aliphatic carbocycles. The number of ether oxygens (including phenoxy) is 3. The molecule has 42 heavy (non-hydrogen) atoms. The van der Waals surface area contributed by atoms with Crippen LogP contribution in [0.15, 0.2) is 30.3 Å². The molecule has 0 bridgehead atoms.